The van der Waals surface area contributed by atoms with Crippen LogP contribution in [0.5, 0.6) is 0 Å². The van der Waals surface area contributed by atoms with Crippen LogP contribution in [-0.2, 0) is 9.47 Å². The Morgan fingerprint density at radius 1 is 0.816 bits per heavy atom. The van der Waals surface area contributed by atoms with Crippen molar-refractivity contribution in [2.24, 2.45) is 5.84 Å². The minimum Gasteiger partial charge on any atom is -0.444 e. The number of piperidine rings is 2. The number of nitrogens with one attached hydrogen (secondary N) is 1. The first kappa shape index (κ1) is 41.8. The van der Waals surface area contributed by atoms with Crippen molar-refractivity contribution in [2.75, 3.05) is 26.2 Å². The van der Waals surface area contributed by atoms with Gasteiger partial charge in [0, 0.05) is 32.2 Å². The summed E-state index contributed by atoms with van der Waals surface area (Å²) in [5.74, 6) is 5.34. The molecule has 2 fully saturated rings. The molecule has 3 N–H and O–H groups in total. The molecule has 0 bridgehead atoms. The van der Waals surface area contributed by atoms with Crippen LogP contribution in [-0.4, -0.2) is 101 Å². The molecule has 2 aliphatic rings. The molecule has 0 saturated carbocycles. The average Bonchev–Trinajstić information content (AvgIpc) is 3.46. The van der Waals surface area contributed by atoms with Crippen molar-refractivity contribution in [3.05, 3.63) is 39.9 Å². The number of rotatable bonds is 3. The molecule has 0 atom stereocenters. The van der Waals surface area contributed by atoms with Gasteiger partial charge in [0.05, 0.1) is 23.2 Å². The van der Waals surface area contributed by atoms with Crippen LogP contribution in [0.4, 0.5) is 9.59 Å². The largest absolute Gasteiger partial charge is 0.444 e. The first-order valence-corrected chi connectivity index (χ1v) is 16.5. The topological polar surface area (TPSA) is 184 Å². The second kappa shape index (κ2) is 18.6. The SMILES string of the molecule is C.CC(C)(C)OC(=O)N1CCC(NN)CC1.CC(C)(C)OC(=O)N1CCC(n2ncc3c(Cl)ncnc32)CC1.O=Cc1c(Cl)ncnc1Cl. The van der Waals surface area contributed by atoms with Crippen LogP contribution in [0.25, 0.3) is 11.0 Å². The van der Waals surface area contributed by atoms with Crippen molar-refractivity contribution in [1.82, 2.24) is 44.9 Å². The van der Waals surface area contributed by atoms with Gasteiger partial charge in [0.1, 0.15) is 39.3 Å². The van der Waals surface area contributed by atoms with E-state index in [1.807, 2.05) is 46.2 Å². The summed E-state index contributed by atoms with van der Waals surface area (Å²) in [6, 6.07) is 0.515. The van der Waals surface area contributed by atoms with E-state index in [0.29, 0.717) is 43.7 Å². The minimum atomic E-state index is -0.472. The molecule has 272 valence electrons. The lowest BCUT2D eigenvalue weighted by atomic mass is 10.1. The van der Waals surface area contributed by atoms with E-state index < -0.39 is 11.2 Å². The molecule has 2 amide bonds. The Morgan fingerprint density at radius 3 is 1.69 bits per heavy atom. The average molecular weight is 746 g/mol. The van der Waals surface area contributed by atoms with Crippen LogP contribution in [0.3, 0.4) is 0 Å². The van der Waals surface area contributed by atoms with E-state index in [9.17, 15) is 14.4 Å². The minimum absolute atomic E-state index is 0. The van der Waals surface area contributed by atoms with Crippen molar-refractivity contribution in [3.63, 3.8) is 0 Å². The van der Waals surface area contributed by atoms with Crippen LogP contribution in [0, 0.1) is 0 Å². The van der Waals surface area contributed by atoms with Gasteiger partial charge >= 0.3 is 12.2 Å². The van der Waals surface area contributed by atoms with Crippen LogP contribution in [0.15, 0.2) is 18.9 Å². The molecule has 0 unspecified atom stereocenters. The lowest BCUT2D eigenvalue weighted by Crippen LogP contribution is -2.48. The molecule has 5 rings (SSSR count). The van der Waals surface area contributed by atoms with Crippen molar-refractivity contribution in [2.45, 2.75) is 97.9 Å². The number of likely N-dealkylation sites (tertiary alicyclic amines) is 2. The summed E-state index contributed by atoms with van der Waals surface area (Å²) in [5.41, 5.74) is 2.71. The summed E-state index contributed by atoms with van der Waals surface area (Å²) in [6.45, 7) is 13.9. The molecule has 49 heavy (non-hydrogen) atoms. The molecule has 0 spiro atoms. The summed E-state index contributed by atoms with van der Waals surface area (Å²) < 4.78 is 12.6. The van der Waals surface area contributed by atoms with E-state index in [-0.39, 0.29) is 41.5 Å². The standard InChI is InChI=1S/C15H20ClN5O2.C10H21N3O2.C5H2Cl2N2O.CH4/c1-15(2,3)23-14(22)20-6-4-10(5-7-20)21-13-11(8-19-21)12(16)17-9-18-13;1-10(2,3)15-9(14)13-6-4-8(12-11)5-7-13;6-4-3(1-10)5(7)9-2-8-4;/h8-10H,4-7H2,1-3H3;8,12H,4-7,11H2,1-3H3;1-2H;1H4. The van der Waals surface area contributed by atoms with E-state index >= 15 is 0 Å². The van der Waals surface area contributed by atoms with Gasteiger partial charge in [-0.1, -0.05) is 42.2 Å². The van der Waals surface area contributed by atoms with Crippen LogP contribution >= 0.6 is 34.8 Å². The zero-order valence-electron chi connectivity index (χ0n) is 28.0. The van der Waals surface area contributed by atoms with E-state index in [0.717, 1.165) is 36.7 Å². The highest BCUT2D eigenvalue weighted by Crippen LogP contribution is 2.28. The Kier molecular flexibility index (Phi) is 15.8. The van der Waals surface area contributed by atoms with Gasteiger partial charge in [-0.3, -0.25) is 16.1 Å². The molecular weight excluding hydrogens is 699 g/mol. The second-order valence-electron chi connectivity index (χ2n) is 13.1. The van der Waals surface area contributed by atoms with E-state index in [1.165, 1.54) is 12.7 Å². The number of fused-ring (bicyclic) bond motifs is 1. The number of nitrogens with zero attached hydrogens (tertiary/aromatic N) is 8. The lowest BCUT2D eigenvalue weighted by Gasteiger charge is -2.33. The molecule has 3 aromatic rings. The van der Waals surface area contributed by atoms with Crippen LogP contribution in [0.2, 0.25) is 15.5 Å². The quantitative estimate of drug-likeness (QED) is 0.136. The fraction of sp³-hybridized carbons (Fsp3) is 0.613. The number of hydrazine groups is 1. The van der Waals surface area contributed by atoms with Crippen molar-refractivity contribution in [3.8, 4) is 0 Å². The maximum atomic E-state index is 12.1. The Bertz CT molecular complexity index is 1510. The number of nitrogens with two attached hydrogens (primary N) is 1. The smallest absolute Gasteiger partial charge is 0.410 e. The summed E-state index contributed by atoms with van der Waals surface area (Å²) in [6.07, 6.45) is 7.74. The van der Waals surface area contributed by atoms with Crippen molar-refractivity contribution >= 4 is 64.3 Å². The first-order valence-electron chi connectivity index (χ1n) is 15.4. The predicted molar refractivity (Wildman–Crippen MR) is 189 cm³/mol. The molecule has 0 aliphatic carbocycles. The maximum Gasteiger partial charge on any atom is 0.410 e. The molecule has 0 radical (unpaired) electrons. The fourth-order valence-corrected chi connectivity index (χ4v) is 5.31. The number of carbonyl (C=O) groups excluding carboxylic acids is 3. The predicted octanol–water partition coefficient (Wildman–Crippen LogP) is 6.13. The van der Waals surface area contributed by atoms with Gasteiger partial charge in [-0.25, -0.2) is 34.2 Å². The third-order valence-electron chi connectivity index (χ3n) is 7.09. The van der Waals surface area contributed by atoms with Gasteiger partial charge in [0.25, 0.3) is 0 Å². The maximum absolute atomic E-state index is 12.1. The molecule has 3 aromatic heterocycles. The first-order chi connectivity index (χ1) is 22.5. The Morgan fingerprint density at radius 2 is 1.27 bits per heavy atom. The highest BCUT2D eigenvalue weighted by Gasteiger charge is 2.29. The monoisotopic (exact) mass is 744 g/mol. The summed E-state index contributed by atoms with van der Waals surface area (Å²) >= 11 is 17.0. The molecular formula is C31H47Cl3N10O5. The number of aromatic nitrogens is 6. The van der Waals surface area contributed by atoms with E-state index in [2.05, 4.69) is 30.5 Å². The number of aldehydes is 1. The number of carbonyl (C=O) groups is 3. The number of amides is 2. The second-order valence-corrected chi connectivity index (χ2v) is 14.2. The van der Waals surface area contributed by atoms with E-state index in [1.54, 1.807) is 16.0 Å². The summed E-state index contributed by atoms with van der Waals surface area (Å²) in [4.78, 5) is 52.8. The third kappa shape index (κ3) is 12.8. The number of halogens is 3. The van der Waals surface area contributed by atoms with Crippen LogP contribution < -0.4 is 11.3 Å². The molecule has 0 aromatic carbocycles. The van der Waals surface area contributed by atoms with Crippen LogP contribution in [0.1, 0.15) is 91.1 Å². The molecule has 18 heteroatoms. The number of hydrogen-bond donors (Lipinski definition) is 2. The fourth-order valence-electron chi connectivity index (χ4n) is 4.73. The Balaban J connectivity index is 0.000000277. The molecule has 15 nitrogen and oxygen atoms in total. The molecule has 5 heterocycles. The zero-order chi connectivity index (χ0) is 35.6. The highest BCUT2D eigenvalue weighted by atomic mass is 35.5. The number of hydrogen-bond acceptors (Lipinski definition) is 12. The summed E-state index contributed by atoms with van der Waals surface area (Å²) in [7, 11) is 0. The van der Waals surface area contributed by atoms with Crippen molar-refractivity contribution in [1.29, 1.82) is 0 Å². The van der Waals surface area contributed by atoms with Gasteiger partial charge in [-0.2, -0.15) is 5.10 Å². The van der Waals surface area contributed by atoms with Crippen molar-refractivity contribution < 1.29 is 23.9 Å². The highest BCUT2D eigenvalue weighted by molar-refractivity contribution is 6.36. The molecule has 2 saturated heterocycles. The molecule has 2 aliphatic heterocycles. The van der Waals surface area contributed by atoms with Gasteiger partial charge in [-0.05, 0) is 67.2 Å². The Hall–Kier alpha value is -3.37. The zero-order valence-corrected chi connectivity index (χ0v) is 30.2. The van der Waals surface area contributed by atoms with Gasteiger partial charge in [-0.15, -0.1) is 0 Å². The Labute approximate surface area is 302 Å². The van der Waals surface area contributed by atoms with Gasteiger partial charge in [0.15, 0.2) is 11.9 Å². The lowest BCUT2D eigenvalue weighted by molar-refractivity contribution is 0.0180. The van der Waals surface area contributed by atoms with Gasteiger partial charge in [0.2, 0.25) is 0 Å². The number of ether oxygens (including phenoxy) is 2. The normalized spacial score (nSPS) is 15.6. The van der Waals surface area contributed by atoms with Gasteiger partial charge < -0.3 is 19.3 Å². The van der Waals surface area contributed by atoms with E-state index in [4.69, 9.17) is 50.1 Å². The third-order valence-corrected chi connectivity index (χ3v) is 7.99. The summed E-state index contributed by atoms with van der Waals surface area (Å²) in [5, 5.41) is 5.72.